The first-order valence-corrected chi connectivity index (χ1v) is 8.58. The van der Waals surface area contributed by atoms with Crippen molar-refractivity contribution in [2.75, 3.05) is 13.2 Å². The highest BCUT2D eigenvalue weighted by atomic mass is 19.4. The maximum Gasteiger partial charge on any atom is 0.416 e. The van der Waals surface area contributed by atoms with E-state index in [1.807, 2.05) is 6.92 Å². The van der Waals surface area contributed by atoms with Crippen LogP contribution in [-0.4, -0.2) is 25.0 Å². The Morgan fingerprint density at radius 3 is 2.52 bits per heavy atom. The molecule has 6 nitrogen and oxygen atoms in total. The monoisotopic (exact) mass is 408 g/mol. The lowest BCUT2D eigenvalue weighted by atomic mass is 10.2. The summed E-state index contributed by atoms with van der Waals surface area (Å²) in [6.45, 7) is 1.74. The van der Waals surface area contributed by atoms with Crippen molar-refractivity contribution < 1.29 is 32.2 Å². The summed E-state index contributed by atoms with van der Waals surface area (Å²) < 4.78 is 48.4. The van der Waals surface area contributed by atoms with Crippen molar-refractivity contribution in [3.05, 3.63) is 65.7 Å². The first-order valence-electron chi connectivity index (χ1n) is 8.58. The van der Waals surface area contributed by atoms with Gasteiger partial charge in [-0.3, -0.25) is 20.4 Å². The summed E-state index contributed by atoms with van der Waals surface area (Å²) in [7, 11) is 0. The molecule has 29 heavy (non-hydrogen) atoms. The molecule has 0 heterocycles. The van der Waals surface area contributed by atoms with Crippen LogP contribution in [0.3, 0.4) is 0 Å². The number of benzene rings is 2. The van der Waals surface area contributed by atoms with Crippen molar-refractivity contribution >= 4 is 17.9 Å². The summed E-state index contributed by atoms with van der Waals surface area (Å²) in [4.78, 5) is 23.5. The second kappa shape index (κ2) is 10.2. The molecule has 0 spiro atoms. The molecule has 0 aromatic heterocycles. The van der Waals surface area contributed by atoms with Crippen molar-refractivity contribution in [2.45, 2.75) is 13.1 Å². The number of hydrogen-bond acceptors (Lipinski definition) is 4. The second-order valence-electron chi connectivity index (χ2n) is 5.66. The topological polar surface area (TPSA) is 76.7 Å². The maximum atomic E-state index is 12.6. The third kappa shape index (κ3) is 7.21. The van der Waals surface area contributed by atoms with Gasteiger partial charge in [-0.1, -0.05) is 24.3 Å². The van der Waals surface area contributed by atoms with Crippen LogP contribution < -0.4 is 20.3 Å². The van der Waals surface area contributed by atoms with Gasteiger partial charge in [0.15, 0.2) is 6.61 Å². The van der Waals surface area contributed by atoms with Crippen molar-refractivity contribution in [1.29, 1.82) is 0 Å². The Hall–Kier alpha value is -3.49. The molecule has 2 rings (SSSR count). The van der Waals surface area contributed by atoms with Gasteiger partial charge in [0, 0.05) is 11.6 Å². The molecule has 0 aliphatic carbocycles. The van der Waals surface area contributed by atoms with Gasteiger partial charge in [-0.2, -0.15) is 13.2 Å². The number of rotatable bonds is 7. The summed E-state index contributed by atoms with van der Waals surface area (Å²) in [5.41, 5.74) is 4.05. The Bertz CT molecular complexity index is 882. The minimum atomic E-state index is -4.51. The Morgan fingerprint density at radius 2 is 1.79 bits per heavy atom. The maximum absolute atomic E-state index is 12.6. The minimum absolute atomic E-state index is 0.117. The van der Waals surface area contributed by atoms with Crippen molar-refractivity contribution in [2.24, 2.45) is 0 Å². The molecule has 2 aromatic carbocycles. The van der Waals surface area contributed by atoms with E-state index in [2.05, 4.69) is 10.9 Å². The predicted octanol–water partition coefficient (Wildman–Crippen LogP) is 3.34. The van der Waals surface area contributed by atoms with E-state index in [1.165, 1.54) is 24.3 Å². The Labute approximate surface area is 165 Å². The molecule has 2 aromatic rings. The Balaban J connectivity index is 1.81. The molecule has 0 atom stereocenters. The van der Waals surface area contributed by atoms with Gasteiger partial charge in [-0.05, 0) is 37.3 Å². The fourth-order valence-corrected chi connectivity index (χ4v) is 2.19. The highest BCUT2D eigenvalue weighted by Gasteiger charge is 2.30. The first-order chi connectivity index (χ1) is 13.8. The quantitative estimate of drug-likeness (QED) is 0.544. The number of carbonyl (C=O) groups is 2. The van der Waals surface area contributed by atoms with Crippen LogP contribution >= 0.6 is 0 Å². The molecule has 0 unspecified atom stereocenters. The Morgan fingerprint density at radius 1 is 1.03 bits per heavy atom. The largest absolute Gasteiger partial charge is 0.493 e. The van der Waals surface area contributed by atoms with E-state index >= 15 is 0 Å². The fourth-order valence-electron chi connectivity index (χ4n) is 2.19. The zero-order valence-electron chi connectivity index (χ0n) is 15.5. The molecule has 0 saturated carbocycles. The van der Waals surface area contributed by atoms with Crippen LogP contribution in [0.1, 0.15) is 18.1 Å². The summed E-state index contributed by atoms with van der Waals surface area (Å²) in [5.74, 6) is -0.853. The number of carbonyl (C=O) groups excluding carboxylic acids is 2. The summed E-state index contributed by atoms with van der Waals surface area (Å²) in [6.07, 6.45) is -1.79. The molecule has 2 amide bonds. The molecule has 9 heteroatoms. The van der Waals surface area contributed by atoms with Crippen LogP contribution in [0.25, 0.3) is 6.08 Å². The lowest BCUT2D eigenvalue weighted by Gasteiger charge is -2.10. The van der Waals surface area contributed by atoms with E-state index in [1.54, 1.807) is 24.3 Å². The smallest absolute Gasteiger partial charge is 0.416 e. The molecule has 154 valence electrons. The number of para-hydroxylation sites is 1. The number of amides is 2. The van der Waals surface area contributed by atoms with Gasteiger partial charge < -0.3 is 9.47 Å². The zero-order chi connectivity index (χ0) is 21.3. The van der Waals surface area contributed by atoms with Gasteiger partial charge in [0.1, 0.15) is 11.5 Å². The molecule has 0 saturated heterocycles. The van der Waals surface area contributed by atoms with Crippen molar-refractivity contribution in [3.63, 3.8) is 0 Å². The van der Waals surface area contributed by atoms with Gasteiger partial charge in [0.05, 0.1) is 12.2 Å². The summed E-state index contributed by atoms with van der Waals surface area (Å²) >= 11 is 0. The number of hydrogen-bond donors (Lipinski definition) is 2. The Kier molecular flexibility index (Phi) is 7.64. The second-order valence-corrected chi connectivity index (χ2v) is 5.66. The van der Waals surface area contributed by atoms with Gasteiger partial charge >= 0.3 is 6.18 Å². The lowest BCUT2D eigenvalue weighted by molar-refractivity contribution is -0.137. The first kappa shape index (κ1) is 21.8. The number of ether oxygens (including phenoxy) is 2. The SMILES string of the molecule is CCOc1ccccc1/C=C/C(=O)NNC(=O)COc1cccc(C(F)(F)F)c1. The number of alkyl halides is 3. The number of nitrogens with one attached hydrogen (secondary N) is 2. The van der Waals surface area contributed by atoms with E-state index in [4.69, 9.17) is 9.47 Å². The van der Waals surface area contributed by atoms with Crippen molar-refractivity contribution in [1.82, 2.24) is 10.9 Å². The van der Waals surface area contributed by atoms with E-state index < -0.39 is 30.2 Å². The molecule has 0 fully saturated rings. The number of hydrazine groups is 1. The normalized spacial score (nSPS) is 11.2. The molecule has 0 aliphatic rings. The average Bonchev–Trinajstić information content (AvgIpc) is 2.70. The third-order valence-corrected chi connectivity index (χ3v) is 3.49. The molecular weight excluding hydrogens is 389 g/mol. The lowest BCUT2D eigenvalue weighted by Crippen LogP contribution is -2.43. The van der Waals surface area contributed by atoms with Crippen LogP contribution in [0.4, 0.5) is 13.2 Å². The molecule has 0 aliphatic heterocycles. The van der Waals surface area contributed by atoms with Crippen molar-refractivity contribution in [3.8, 4) is 11.5 Å². The van der Waals surface area contributed by atoms with Gasteiger partial charge in [0.25, 0.3) is 11.8 Å². The van der Waals surface area contributed by atoms with Gasteiger partial charge in [-0.15, -0.1) is 0 Å². The fraction of sp³-hybridized carbons (Fsp3) is 0.200. The molecule has 0 bridgehead atoms. The van der Waals surface area contributed by atoms with Crippen LogP contribution in [0.15, 0.2) is 54.6 Å². The van der Waals surface area contributed by atoms with Gasteiger partial charge in [0.2, 0.25) is 0 Å². The van der Waals surface area contributed by atoms with Crippen LogP contribution in [0.2, 0.25) is 0 Å². The van der Waals surface area contributed by atoms with Gasteiger partial charge in [-0.25, -0.2) is 0 Å². The number of halogens is 3. The highest BCUT2D eigenvalue weighted by Crippen LogP contribution is 2.31. The molecular formula is C20H19F3N2O4. The van der Waals surface area contributed by atoms with E-state index in [0.717, 1.165) is 12.1 Å². The van der Waals surface area contributed by atoms with E-state index in [0.29, 0.717) is 17.9 Å². The van der Waals surface area contributed by atoms with Crippen LogP contribution in [0, 0.1) is 0 Å². The predicted molar refractivity (Wildman–Crippen MR) is 99.9 cm³/mol. The average molecular weight is 408 g/mol. The minimum Gasteiger partial charge on any atom is -0.493 e. The highest BCUT2D eigenvalue weighted by molar-refractivity contribution is 5.93. The van der Waals surface area contributed by atoms with E-state index in [9.17, 15) is 22.8 Å². The third-order valence-electron chi connectivity index (χ3n) is 3.49. The van der Waals surface area contributed by atoms with Crippen LogP contribution in [0.5, 0.6) is 11.5 Å². The summed E-state index contributed by atoms with van der Waals surface area (Å²) in [5, 5.41) is 0. The van der Waals surface area contributed by atoms with Crippen LogP contribution in [-0.2, 0) is 15.8 Å². The standard InChI is InChI=1S/C20H19F3N2O4/c1-2-28-17-9-4-3-6-14(17)10-11-18(26)24-25-19(27)13-29-16-8-5-7-15(12-16)20(21,22)23/h3-12H,2,13H2,1H3,(H,24,26)(H,25,27)/b11-10+. The summed E-state index contributed by atoms with van der Waals surface area (Å²) in [6, 6.07) is 11.2. The zero-order valence-corrected chi connectivity index (χ0v) is 15.5. The van der Waals surface area contributed by atoms with E-state index in [-0.39, 0.29) is 5.75 Å². The molecule has 2 N–H and O–H groups in total. The molecule has 0 radical (unpaired) electrons.